The van der Waals surface area contributed by atoms with Crippen LogP contribution in [0.15, 0.2) is 53.7 Å². The lowest BCUT2D eigenvalue weighted by Gasteiger charge is -2.15. The van der Waals surface area contributed by atoms with E-state index in [-0.39, 0.29) is 29.3 Å². The number of hydrogen-bond donors (Lipinski definition) is 2. The number of benzene rings is 2. The number of para-hydroxylation sites is 1. The number of hydrogen-bond acceptors (Lipinski definition) is 5. The van der Waals surface area contributed by atoms with Gasteiger partial charge in [0.1, 0.15) is 5.82 Å². The molecule has 2 amide bonds. The molecule has 0 fully saturated rings. The van der Waals surface area contributed by atoms with Crippen molar-refractivity contribution in [1.82, 2.24) is 20.1 Å². The van der Waals surface area contributed by atoms with Crippen LogP contribution in [-0.2, 0) is 11.3 Å². The minimum Gasteiger partial charge on any atom is -0.342 e. The number of aromatic nitrogens is 3. The molecule has 9 heteroatoms. The Morgan fingerprint density at radius 2 is 1.94 bits per heavy atom. The number of nitrogens with one attached hydrogen (secondary N) is 2. The van der Waals surface area contributed by atoms with Crippen molar-refractivity contribution in [2.24, 2.45) is 0 Å². The Kier molecular flexibility index (Phi) is 7.41. The van der Waals surface area contributed by atoms with E-state index in [4.69, 9.17) is 0 Å². The number of anilines is 1. The first-order valence-electron chi connectivity index (χ1n) is 9.86. The van der Waals surface area contributed by atoms with Gasteiger partial charge in [0.2, 0.25) is 5.91 Å². The molecule has 1 heterocycles. The number of aryl methyl sites for hydroxylation is 1. The van der Waals surface area contributed by atoms with E-state index >= 15 is 0 Å². The minimum atomic E-state index is -0.488. The summed E-state index contributed by atoms with van der Waals surface area (Å²) in [6, 6.07) is 13.0. The predicted molar refractivity (Wildman–Crippen MR) is 119 cm³/mol. The minimum absolute atomic E-state index is 0.0521. The summed E-state index contributed by atoms with van der Waals surface area (Å²) in [6.45, 7) is 6.28. The van der Waals surface area contributed by atoms with Gasteiger partial charge in [-0.2, -0.15) is 0 Å². The Labute approximate surface area is 184 Å². The zero-order valence-electron chi connectivity index (χ0n) is 17.6. The van der Waals surface area contributed by atoms with Gasteiger partial charge in [0.05, 0.1) is 17.5 Å². The normalized spacial score (nSPS) is 11.7. The van der Waals surface area contributed by atoms with Gasteiger partial charge in [-0.15, -0.1) is 10.2 Å². The molecule has 1 atom stereocenters. The van der Waals surface area contributed by atoms with Crippen LogP contribution in [0.2, 0.25) is 0 Å². The second-order valence-corrected chi connectivity index (χ2v) is 7.91. The molecule has 3 rings (SSSR count). The quantitative estimate of drug-likeness (QED) is 0.517. The number of thioether (sulfide) groups is 1. The van der Waals surface area contributed by atoms with Crippen LogP contribution in [0.3, 0.4) is 0 Å². The smallest absolute Gasteiger partial charge is 0.251 e. The Hall–Kier alpha value is -3.20. The van der Waals surface area contributed by atoms with E-state index in [1.54, 1.807) is 18.2 Å². The number of halogens is 1. The molecule has 7 nitrogen and oxygen atoms in total. The average molecular weight is 442 g/mol. The number of amides is 2. The van der Waals surface area contributed by atoms with Crippen molar-refractivity contribution in [2.75, 3.05) is 11.1 Å². The second kappa shape index (κ2) is 10.2. The Bertz CT molecular complexity index is 1090. The Morgan fingerprint density at radius 3 is 2.65 bits per heavy atom. The lowest BCUT2D eigenvalue weighted by atomic mass is 10.1. The third-order valence-electron chi connectivity index (χ3n) is 4.56. The molecule has 3 aromatic rings. The first-order valence-corrected chi connectivity index (χ1v) is 10.9. The van der Waals surface area contributed by atoms with Gasteiger partial charge in [-0.1, -0.05) is 41.6 Å². The molecular formula is C22H24FN5O2S. The van der Waals surface area contributed by atoms with Gasteiger partial charge >= 0.3 is 0 Å². The predicted octanol–water partition coefficient (Wildman–Crippen LogP) is 3.97. The summed E-state index contributed by atoms with van der Waals surface area (Å²) >= 11 is 1.20. The number of rotatable bonds is 8. The molecule has 0 bridgehead atoms. The molecule has 0 unspecified atom stereocenters. The maximum Gasteiger partial charge on any atom is 0.251 e. The van der Waals surface area contributed by atoms with E-state index in [0.29, 0.717) is 23.1 Å². The molecule has 2 N–H and O–H groups in total. The van der Waals surface area contributed by atoms with Crippen LogP contribution in [0.25, 0.3) is 0 Å². The molecule has 2 aromatic carbocycles. The first kappa shape index (κ1) is 22.5. The maximum atomic E-state index is 13.7. The van der Waals surface area contributed by atoms with Gasteiger partial charge in [0.15, 0.2) is 11.0 Å². The molecule has 31 heavy (non-hydrogen) atoms. The molecule has 162 valence electrons. The van der Waals surface area contributed by atoms with Gasteiger partial charge < -0.3 is 15.2 Å². The van der Waals surface area contributed by atoms with Crippen molar-refractivity contribution in [3.8, 4) is 0 Å². The number of nitrogens with zero attached hydrogens (tertiary/aromatic N) is 3. The van der Waals surface area contributed by atoms with Crippen LogP contribution in [-0.4, -0.2) is 32.3 Å². The molecular weight excluding hydrogens is 417 g/mol. The summed E-state index contributed by atoms with van der Waals surface area (Å²) in [7, 11) is 0. The highest BCUT2D eigenvalue weighted by Gasteiger charge is 2.20. The lowest BCUT2D eigenvalue weighted by molar-refractivity contribution is -0.113. The molecule has 0 aliphatic carbocycles. The summed E-state index contributed by atoms with van der Waals surface area (Å²) in [5, 5.41) is 14.4. The molecule has 0 saturated carbocycles. The van der Waals surface area contributed by atoms with Crippen molar-refractivity contribution < 1.29 is 14.0 Å². The van der Waals surface area contributed by atoms with E-state index in [0.717, 1.165) is 5.56 Å². The fourth-order valence-electron chi connectivity index (χ4n) is 3.03. The van der Waals surface area contributed by atoms with Crippen LogP contribution in [0.5, 0.6) is 0 Å². The van der Waals surface area contributed by atoms with Gasteiger partial charge in [-0.3, -0.25) is 9.59 Å². The molecule has 0 aliphatic rings. The van der Waals surface area contributed by atoms with Crippen molar-refractivity contribution in [3.05, 3.63) is 71.3 Å². The second-order valence-electron chi connectivity index (χ2n) is 6.97. The van der Waals surface area contributed by atoms with Crippen molar-refractivity contribution >= 4 is 29.3 Å². The molecule has 0 aliphatic heterocycles. The SMILES string of the molecule is CCn1c(SCC(=O)Nc2ccccc2F)nnc1[C@@H](C)NC(=O)c1cccc(C)c1. The summed E-state index contributed by atoms with van der Waals surface area (Å²) in [4.78, 5) is 24.7. The molecule has 1 aromatic heterocycles. The van der Waals surface area contributed by atoms with Gasteiger partial charge in [-0.05, 0) is 45.0 Å². The summed E-state index contributed by atoms with van der Waals surface area (Å²) < 4.78 is 15.5. The van der Waals surface area contributed by atoms with Crippen molar-refractivity contribution in [2.45, 2.75) is 38.5 Å². The number of carbonyl (C=O) groups excluding carboxylic acids is 2. The van der Waals surface area contributed by atoms with Crippen molar-refractivity contribution in [3.63, 3.8) is 0 Å². The standard InChI is InChI=1S/C22H24FN5O2S/c1-4-28-20(15(3)24-21(30)16-9-7-8-14(2)12-16)26-27-22(28)31-13-19(29)25-18-11-6-5-10-17(18)23/h5-12,15H,4,13H2,1-3H3,(H,24,30)(H,25,29)/t15-/m1/s1. The Balaban J connectivity index is 1.63. The van der Waals surface area contributed by atoms with Crippen LogP contribution in [0.4, 0.5) is 10.1 Å². The summed E-state index contributed by atoms with van der Waals surface area (Å²) in [6.07, 6.45) is 0. The lowest BCUT2D eigenvalue weighted by Crippen LogP contribution is -2.28. The van der Waals surface area contributed by atoms with Crippen LogP contribution >= 0.6 is 11.8 Å². The largest absolute Gasteiger partial charge is 0.342 e. The molecule has 0 saturated heterocycles. The van der Waals surface area contributed by atoms with Crippen molar-refractivity contribution in [1.29, 1.82) is 0 Å². The number of carbonyl (C=O) groups is 2. The fraction of sp³-hybridized carbons (Fsp3) is 0.273. The summed E-state index contributed by atoms with van der Waals surface area (Å²) in [5.74, 6) is -0.377. The highest BCUT2D eigenvalue weighted by Crippen LogP contribution is 2.21. The first-order chi connectivity index (χ1) is 14.9. The zero-order valence-corrected chi connectivity index (χ0v) is 18.4. The van der Waals surface area contributed by atoms with Crippen LogP contribution in [0.1, 0.15) is 41.6 Å². The van der Waals surface area contributed by atoms with E-state index in [9.17, 15) is 14.0 Å². The highest BCUT2D eigenvalue weighted by molar-refractivity contribution is 7.99. The van der Waals surface area contributed by atoms with Gasteiger partial charge in [-0.25, -0.2) is 4.39 Å². The van der Waals surface area contributed by atoms with E-state index < -0.39 is 5.82 Å². The third-order valence-corrected chi connectivity index (χ3v) is 5.52. The molecule has 0 radical (unpaired) electrons. The summed E-state index contributed by atoms with van der Waals surface area (Å²) in [5.41, 5.74) is 1.72. The van der Waals surface area contributed by atoms with Gasteiger partial charge in [0, 0.05) is 12.1 Å². The Morgan fingerprint density at radius 1 is 1.16 bits per heavy atom. The van der Waals surface area contributed by atoms with E-state index in [2.05, 4.69) is 20.8 Å². The zero-order chi connectivity index (χ0) is 22.4. The molecule has 0 spiro atoms. The van der Waals surface area contributed by atoms with E-state index in [1.807, 2.05) is 43.5 Å². The average Bonchev–Trinajstić information content (AvgIpc) is 3.17. The van der Waals surface area contributed by atoms with Crippen LogP contribution in [0, 0.1) is 12.7 Å². The third kappa shape index (κ3) is 5.69. The highest BCUT2D eigenvalue weighted by atomic mass is 32.2. The maximum absolute atomic E-state index is 13.7. The fourth-order valence-corrected chi connectivity index (χ4v) is 3.84. The van der Waals surface area contributed by atoms with E-state index in [1.165, 1.54) is 23.9 Å². The monoisotopic (exact) mass is 441 g/mol. The topological polar surface area (TPSA) is 88.9 Å². The van der Waals surface area contributed by atoms with Crippen LogP contribution < -0.4 is 10.6 Å². The van der Waals surface area contributed by atoms with Gasteiger partial charge in [0.25, 0.3) is 5.91 Å².